The summed E-state index contributed by atoms with van der Waals surface area (Å²) in [5.74, 6) is -5.82. The van der Waals surface area contributed by atoms with Gasteiger partial charge in [-0.3, -0.25) is 9.59 Å². The quantitative estimate of drug-likeness (QED) is 0.463. The molecular formula is C22H37F2NO4. The molecule has 29 heavy (non-hydrogen) atoms. The number of amides is 1. The molecule has 7 heteroatoms. The number of hydrogen-bond acceptors (Lipinski definition) is 4. The van der Waals surface area contributed by atoms with Crippen molar-refractivity contribution in [2.24, 2.45) is 11.8 Å². The number of rotatable bonds is 12. The third-order valence-electron chi connectivity index (χ3n) is 6.43. The molecule has 0 bridgehead atoms. The monoisotopic (exact) mass is 417 g/mol. The van der Waals surface area contributed by atoms with Crippen LogP contribution < -0.4 is 5.32 Å². The van der Waals surface area contributed by atoms with Crippen LogP contribution in [0.5, 0.6) is 0 Å². The van der Waals surface area contributed by atoms with E-state index in [2.05, 4.69) is 5.32 Å². The largest absolute Gasteiger partial charge is 0.361 e. The fraction of sp³-hybridized carbons (Fsp3) is 0.909. The lowest BCUT2D eigenvalue weighted by molar-refractivity contribution is -0.356. The van der Waals surface area contributed by atoms with Gasteiger partial charge in [-0.05, 0) is 38.5 Å². The first-order chi connectivity index (χ1) is 13.7. The molecule has 1 heterocycles. The number of carbonyl (C=O) groups excluding carboxylic acids is 2. The topological polar surface area (TPSA) is 75.6 Å². The summed E-state index contributed by atoms with van der Waals surface area (Å²) < 4.78 is 34.4. The molecule has 5 nitrogen and oxygen atoms in total. The number of ether oxygens (including phenoxy) is 1. The van der Waals surface area contributed by atoms with Gasteiger partial charge < -0.3 is 15.2 Å². The lowest BCUT2D eigenvalue weighted by atomic mass is 9.81. The third-order valence-corrected chi connectivity index (χ3v) is 6.43. The molecule has 1 saturated heterocycles. The highest BCUT2D eigenvalue weighted by Crippen LogP contribution is 2.49. The van der Waals surface area contributed by atoms with E-state index in [0.717, 1.165) is 32.1 Å². The maximum absolute atomic E-state index is 14.5. The number of unbranched alkanes of at least 4 members (excludes halogenated alkanes) is 4. The summed E-state index contributed by atoms with van der Waals surface area (Å²) in [5, 5.41) is 13.3. The first kappa shape index (κ1) is 24.2. The Kier molecular flexibility index (Phi) is 9.01. The van der Waals surface area contributed by atoms with Crippen molar-refractivity contribution in [2.75, 3.05) is 6.54 Å². The summed E-state index contributed by atoms with van der Waals surface area (Å²) in [6, 6.07) is 0. The lowest BCUT2D eigenvalue weighted by Crippen LogP contribution is -2.55. The number of Topliss-reactive ketones (excluding diaryl/α,β-unsaturated/α-hetero) is 1. The van der Waals surface area contributed by atoms with Gasteiger partial charge in [-0.25, -0.2) is 8.78 Å². The zero-order chi connectivity index (χ0) is 21.5. The minimum absolute atomic E-state index is 0.0694. The molecule has 2 N–H and O–H groups in total. The van der Waals surface area contributed by atoms with Crippen molar-refractivity contribution in [1.29, 1.82) is 0 Å². The smallest absolute Gasteiger partial charge is 0.300 e. The minimum atomic E-state index is -3.29. The summed E-state index contributed by atoms with van der Waals surface area (Å²) in [4.78, 5) is 23.9. The van der Waals surface area contributed by atoms with Gasteiger partial charge in [0.1, 0.15) is 5.78 Å². The van der Waals surface area contributed by atoms with Crippen molar-refractivity contribution in [3.05, 3.63) is 0 Å². The second-order valence-corrected chi connectivity index (χ2v) is 8.63. The minimum Gasteiger partial charge on any atom is -0.361 e. The molecule has 1 aliphatic carbocycles. The van der Waals surface area contributed by atoms with Crippen molar-refractivity contribution in [2.45, 2.75) is 109 Å². The Balaban J connectivity index is 1.78. The van der Waals surface area contributed by atoms with E-state index in [1.165, 1.54) is 0 Å². The predicted molar refractivity (Wildman–Crippen MR) is 107 cm³/mol. The number of alkyl halides is 2. The Labute approximate surface area is 173 Å². The van der Waals surface area contributed by atoms with Crippen LogP contribution in [0.3, 0.4) is 0 Å². The molecule has 4 atom stereocenters. The average Bonchev–Trinajstić information content (AvgIpc) is 2.97. The number of carbonyl (C=O) groups is 2. The van der Waals surface area contributed by atoms with Gasteiger partial charge in [0.05, 0.1) is 6.10 Å². The van der Waals surface area contributed by atoms with Crippen molar-refractivity contribution >= 4 is 11.7 Å². The molecule has 0 aromatic heterocycles. The van der Waals surface area contributed by atoms with Crippen molar-refractivity contribution in [1.82, 2.24) is 5.32 Å². The zero-order valence-electron chi connectivity index (χ0n) is 17.9. The Morgan fingerprint density at radius 2 is 1.97 bits per heavy atom. The van der Waals surface area contributed by atoms with Crippen LogP contribution in [0, 0.1) is 11.8 Å². The third kappa shape index (κ3) is 6.20. The van der Waals surface area contributed by atoms with Crippen LogP contribution >= 0.6 is 0 Å². The van der Waals surface area contributed by atoms with E-state index >= 15 is 0 Å². The molecule has 1 amide bonds. The van der Waals surface area contributed by atoms with Crippen molar-refractivity contribution in [3.63, 3.8) is 0 Å². The van der Waals surface area contributed by atoms with Crippen LogP contribution in [0.4, 0.5) is 8.78 Å². The van der Waals surface area contributed by atoms with Gasteiger partial charge in [0.15, 0.2) is 0 Å². The fourth-order valence-corrected chi connectivity index (χ4v) is 4.71. The van der Waals surface area contributed by atoms with Crippen molar-refractivity contribution in [3.8, 4) is 0 Å². The SMILES string of the molecule is CCCCC(F)(F)C1(O)CCC2C(CC(=O)C2CCCCCCC(=O)NCC)O1. The summed E-state index contributed by atoms with van der Waals surface area (Å²) in [5.41, 5.74) is 0. The van der Waals surface area contributed by atoms with E-state index < -0.39 is 24.2 Å². The normalized spacial score (nSPS) is 29.7. The highest BCUT2D eigenvalue weighted by Gasteiger charge is 2.59. The molecule has 2 aliphatic rings. The molecule has 0 aromatic carbocycles. The van der Waals surface area contributed by atoms with E-state index in [4.69, 9.17) is 4.74 Å². The van der Waals surface area contributed by atoms with Crippen molar-refractivity contribution < 1.29 is 28.2 Å². The molecule has 2 fully saturated rings. The highest BCUT2D eigenvalue weighted by atomic mass is 19.3. The molecule has 0 radical (unpaired) electrons. The Morgan fingerprint density at radius 3 is 2.66 bits per heavy atom. The average molecular weight is 418 g/mol. The number of nitrogens with one attached hydrogen (secondary N) is 1. The van der Waals surface area contributed by atoms with Gasteiger partial charge >= 0.3 is 5.92 Å². The molecule has 1 saturated carbocycles. The summed E-state index contributed by atoms with van der Waals surface area (Å²) in [7, 11) is 0. The first-order valence-electron chi connectivity index (χ1n) is 11.3. The fourth-order valence-electron chi connectivity index (χ4n) is 4.71. The van der Waals surface area contributed by atoms with Gasteiger partial charge in [0.25, 0.3) is 0 Å². The van der Waals surface area contributed by atoms with Gasteiger partial charge in [0.2, 0.25) is 11.7 Å². The molecule has 168 valence electrons. The van der Waals surface area contributed by atoms with Crippen LogP contribution in [-0.2, 0) is 14.3 Å². The molecular weight excluding hydrogens is 380 g/mol. The summed E-state index contributed by atoms with van der Waals surface area (Å²) in [6.07, 6.45) is 5.21. The van der Waals surface area contributed by atoms with Crippen LogP contribution in [0.15, 0.2) is 0 Å². The van der Waals surface area contributed by atoms with Crippen LogP contribution in [-0.4, -0.2) is 41.2 Å². The maximum Gasteiger partial charge on any atom is 0.300 e. The van der Waals surface area contributed by atoms with Gasteiger partial charge in [-0.15, -0.1) is 0 Å². The molecule has 1 aliphatic heterocycles. The van der Waals surface area contributed by atoms with E-state index in [-0.39, 0.29) is 36.4 Å². The molecule has 2 rings (SSSR count). The highest BCUT2D eigenvalue weighted by molar-refractivity contribution is 5.84. The number of ketones is 1. The number of aliphatic hydroxyl groups is 1. The van der Waals surface area contributed by atoms with Gasteiger partial charge in [-0.1, -0.05) is 32.6 Å². The number of fused-ring (bicyclic) bond motifs is 1. The second kappa shape index (κ2) is 10.8. The van der Waals surface area contributed by atoms with Gasteiger partial charge in [-0.2, -0.15) is 0 Å². The second-order valence-electron chi connectivity index (χ2n) is 8.63. The summed E-state index contributed by atoms with van der Waals surface area (Å²) in [6.45, 7) is 4.37. The number of halogens is 2. The zero-order valence-corrected chi connectivity index (χ0v) is 17.9. The Bertz CT molecular complexity index is 557. The van der Waals surface area contributed by atoms with E-state index in [9.17, 15) is 23.5 Å². The molecule has 0 spiro atoms. The van der Waals surface area contributed by atoms with E-state index in [1.54, 1.807) is 0 Å². The Hall–Kier alpha value is -1.08. The predicted octanol–water partition coefficient (Wildman–Crippen LogP) is 4.36. The first-order valence-corrected chi connectivity index (χ1v) is 11.3. The van der Waals surface area contributed by atoms with Crippen LogP contribution in [0.2, 0.25) is 0 Å². The molecule has 0 aromatic rings. The van der Waals surface area contributed by atoms with Crippen LogP contribution in [0.1, 0.15) is 90.9 Å². The Morgan fingerprint density at radius 1 is 1.24 bits per heavy atom. The lowest BCUT2D eigenvalue weighted by Gasteiger charge is -2.43. The van der Waals surface area contributed by atoms with Crippen LogP contribution in [0.25, 0.3) is 0 Å². The summed E-state index contributed by atoms with van der Waals surface area (Å²) >= 11 is 0. The van der Waals surface area contributed by atoms with E-state index in [0.29, 0.717) is 32.2 Å². The standard InChI is InChI=1S/C22H37F2NO4/c1-3-5-13-21(23,24)22(28)14-12-17-16(18(26)15-19(17)29-22)10-8-6-7-9-11-20(27)25-4-2/h16-17,19,28H,3-15H2,1-2H3,(H,25,27). The number of hydrogen-bond donors (Lipinski definition) is 2. The van der Waals surface area contributed by atoms with E-state index in [1.807, 2.05) is 13.8 Å². The maximum atomic E-state index is 14.5. The molecule has 4 unspecified atom stereocenters. The van der Waals surface area contributed by atoms with Gasteiger partial charge in [0, 0.05) is 38.1 Å².